The summed E-state index contributed by atoms with van der Waals surface area (Å²) in [7, 11) is 0. The highest BCUT2D eigenvalue weighted by atomic mass is 16.3. The Morgan fingerprint density at radius 1 is 0.972 bits per heavy atom. The number of phenolic OH excluding ortho intramolecular Hbond substituents is 2. The van der Waals surface area contributed by atoms with Crippen molar-refractivity contribution in [2.75, 3.05) is 5.73 Å². The van der Waals surface area contributed by atoms with Gasteiger partial charge < -0.3 is 15.9 Å². The van der Waals surface area contributed by atoms with Crippen LogP contribution in [0.25, 0.3) is 33.5 Å². The Labute approximate surface area is 203 Å². The average molecular weight is 480 g/mol. The van der Waals surface area contributed by atoms with Gasteiger partial charge in [0.2, 0.25) is 0 Å². The van der Waals surface area contributed by atoms with Crippen molar-refractivity contribution in [3.63, 3.8) is 0 Å². The number of nitrogens with zero attached hydrogens (tertiary/aromatic N) is 7. The molecule has 0 aliphatic heterocycles. The number of nitrogen functional groups attached to an aromatic ring is 1. The minimum Gasteiger partial charge on any atom is -0.508 e. The van der Waals surface area contributed by atoms with Gasteiger partial charge in [0.15, 0.2) is 11.5 Å². The number of aromatic nitrogens is 7. The molecule has 0 atom stereocenters. The first-order valence-electron chi connectivity index (χ1n) is 11.1. The van der Waals surface area contributed by atoms with Gasteiger partial charge in [-0.3, -0.25) is 9.36 Å². The van der Waals surface area contributed by atoms with E-state index in [1.807, 2.05) is 43.3 Å². The quantitative estimate of drug-likeness (QED) is 0.349. The third-order valence-corrected chi connectivity index (χ3v) is 6.00. The number of rotatable bonds is 4. The Balaban J connectivity index is 1.60. The summed E-state index contributed by atoms with van der Waals surface area (Å²) in [4.78, 5) is 22.1. The number of nitrogens with two attached hydrogens (primary N) is 1. The minimum atomic E-state index is -0.211. The fourth-order valence-electron chi connectivity index (χ4n) is 4.41. The van der Waals surface area contributed by atoms with Crippen molar-refractivity contribution in [1.29, 1.82) is 0 Å². The number of anilines is 1. The van der Waals surface area contributed by atoms with Gasteiger partial charge in [-0.05, 0) is 42.8 Å². The van der Waals surface area contributed by atoms with Gasteiger partial charge >= 0.3 is 0 Å². The van der Waals surface area contributed by atoms with Crippen molar-refractivity contribution in [1.82, 2.24) is 33.9 Å². The summed E-state index contributed by atoms with van der Waals surface area (Å²) in [6, 6.07) is 15.2. The van der Waals surface area contributed by atoms with Crippen molar-refractivity contribution in [3.8, 4) is 28.4 Å². The number of hydrogen-bond donors (Lipinski definition) is 3. The van der Waals surface area contributed by atoms with E-state index in [0.29, 0.717) is 39.3 Å². The van der Waals surface area contributed by atoms with Gasteiger partial charge in [0.25, 0.3) is 5.56 Å². The first-order chi connectivity index (χ1) is 17.4. The van der Waals surface area contributed by atoms with E-state index >= 15 is 0 Å². The summed E-state index contributed by atoms with van der Waals surface area (Å²) in [6.45, 7) is 1.94. The Morgan fingerprint density at radius 3 is 2.47 bits per heavy atom. The van der Waals surface area contributed by atoms with Crippen LogP contribution in [0.15, 0.2) is 71.9 Å². The van der Waals surface area contributed by atoms with Crippen molar-refractivity contribution in [2.24, 2.45) is 0 Å². The molecule has 36 heavy (non-hydrogen) atoms. The van der Waals surface area contributed by atoms with Crippen LogP contribution in [0, 0.1) is 6.92 Å². The molecule has 0 aliphatic carbocycles. The van der Waals surface area contributed by atoms with Crippen LogP contribution in [0.2, 0.25) is 0 Å². The van der Waals surface area contributed by atoms with Crippen LogP contribution in [-0.2, 0) is 6.54 Å². The zero-order chi connectivity index (χ0) is 25.0. The van der Waals surface area contributed by atoms with Gasteiger partial charge in [-0.1, -0.05) is 18.2 Å². The highest BCUT2D eigenvalue weighted by Crippen LogP contribution is 2.34. The standard InChI is InChI=1S/C25H20N8O3/c1-14-7-8-31-22(14)25(36)33(16-5-3-2-4-6-16)19(29-31)12-32-24-20(23(26)27-13-28-24)21(30-32)15-9-17(34)11-18(35)10-15/h2-11,13,34-35H,12H2,1H3,(H2,26,27,28). The smallest absolute Gasteiger partial charge is 0.282 e. The SMILES string of the molecule is Cc1ccn2nc(Cn3nc(-c4cc(O)cc(O)c4)c4c(N)ncnc43)n(-c3ccccc3)c(=O)c12. The highest BCUT2D eigenvalue weighted by Gasteiger charge is 2.21. The van der Waals surface area contributed by atoms with E-state index in [9.17, 15) is 15.0 Å². The molecule has 11 nitrogen and oxygen atoms in total. The molecule has 4 aromatic heterocycles. The molecule has 2 aromatic carbocycles. The lowest BCUT2D eigenvalue weighted by molar-refractivity contribution is 0.451. The molecule has 0 unspecified atom stereocenters. The Hall–Kier alpha value is -5.19. The second kappa shape index (κ2) is 7.94. The molecule has 0 radical (unpaired) electrons. The number of phenols is 2. The predicted molar refractivity (Wildman–Crippen MR) is 133 cm³/mol. The van der Waals surface area contributed by atoms with Crippen LogP contribution in [0.3, 0.4) is 0 Å². The number of benzene rings is 2. The Morgan fingerprint density at radius 2 is 1.72 bits per heavy atom. The van der Waals surface area contributed by atoms with Crippen LogP contribution in [0.1, 0.15) is 11.4 Å². The number of fused-ring (bicyclic) bond motifs is 2. The molecule has 0 aliphatic rings. The molecule has 0 saturated heterocycles. The highest BCUT2D eigenvalue weighted by molar-refractivity contribution is 5.98. The normalized spacial score (nSPS) is 11.5. The van der Waals surface area contributed by atoms with E-state index in [4.69, 9.17) is 15.9 Å². The van der Waals surface area contributed by atoms with Crippen LogP contribution in [0.5, 0.6) is 11.5 Å². The third-order valence-electron chi connectivity index (χ3n) is 6.00. The maximum Gasteiger partial charge on any atom is 0.282 e. The molecule has 6 rings (SSSR count). The lowest BCUT2D eigenvalue weighted by Crippen LogP contribution is -2.28. The monoisotopic (exact) mass is 480 g/mol. The molecule has 0 fully saturated rings. The van der Waals surface area contributed by atoms with Crippen molar-refractivity contribution >= 4 is 22.4 Å². The lowest BCUT2D eigenvalue weighted by Gasteiger charge is -2.13. The number of aromatic hydroxyl groups is 2. The summed E-state index contributed by atoms with van der Waals surface area (Å²) in [6.07, 6.45) is 3.07. The maximum absolute atomic E-state index is 13.6. The topological polar surface area (TPSA) is 149 Å². The molecule has 11 heteroatoms. The van der Waals surface area contributed by atoms with Gasteiger partial charge in [0.05, 0.1) is 11.1 Å². The Bertz CT molecular complexity index is 1820. The molecule has 0 bridgehead atoms. The molecule has 4 N–H and O–H groups in total. The zero-order valence-electron chi connectivity index (χ0n) is 19.1. The van der Waals surface area contributed by atoms with Crippen LogP contribution in [0.4, 0.5) is 5.82 Å². The largest absolute Gasteiger partial charge is 0.508 e. The predicted octanol–water partition coefficient (Wildman–Crippen LogP) is 2.64. The summed E-state index contributed by atoms with van der Waals surface area (Å²) >= 11 is 0. The van der Waals surface area contributed by atoms with Crippen LogP contribution >= 0.6 is 0 Å². The van der Waals surface area contributed by atoms with Crippen molar-refractivity contribution in [2.45, 2.75) is 13.5 Å². The zero-order valence-corrected chi connectivity index (χ0v) is 19.1. The van der Waals surface area contributed by atoms with Gasteiger partial charge in [-0.2, -0.15) is 10.2 Å². The third kappa shape index (κ3) is 3.33. The van der Waals surface area contributed by atoms with Crippen molar-refractivity contribution in [3.05, 3.63) is 88.9 Å². The summed E-state index contributed by atoms with van der Waals surface area (Å²) in [5.74, 6) is 0.349. The Kier molecular flexibility index (Phi) is 4.71. The number of aryl methyl sites for hydroxylation is 1. The van der Waals surface area contributed by atoms with Crippen LogP contribution in [-0.4, -0.2) is 44.1 Å². The summed E-state index contributed by atoms with van der Waals surface area (Å²) < 4.78 is 4.70. The fraction of sp³-hybridized carbons (Fsp3) is 0.0800. The van der Waals surface area contributed by atoms with Gasteiger partial charge in [0.1, 0.15) is 41.4 Å². The van der Waals surface area contributed by atoms with E-state index in [1.165, 1.54) is 24.5 Å². The first kappa shape index (κ1) is 21.4. The van der Waals surface area contributed by atoms with E-state index in [1.54, 1.807) is 20.0 Å². The van der Waals surface area contributed by atoms with E-state index < -0.39 is 0 Å². The lowest BCUT2D eigenvalue weighted by atomic mass is 10.1. The van der Waals surface area contributed by atoms with Gasteiger partial charge in [-0.15, -0.1) is 0 Å². The maximum atomic E-state index is 13.6. The van der Waals surface area contributed by atoms with Gasteiger partial charge in [0, 0.05) is 17.8 Å². The molecule has 4 heterocycles. The van der Waals surface area contributed by atoms with Crippen molar-refractivity contribution < 1.29 is 10.2 Å². The molecule has 6 aromatic rings. The number of hydrogen-bond acceptors (Lipinski definition) is 8. The van der Waals surface area contributed by atoms with E-state index in [0.717, 1.165) is 5.56 Å². The molecular weight excluding hydrogens is 460 g/mol. The second-order valence-electron chi connectivity index (χ2n) is 8.39. The minimum absolute atomic E-state index is 0.0784. The average Bonchev–Trinajstić information content (AvgIpc) is 3.41. The van der Waals surface area contributed by atoms with E-state index in [2.05, 4.69) is 9.97 Å². The molecule has 0 saturated carbocycles. The first-order valence-corrected chi connectivity index (χ1v) is 11.1. The van der Waals surface area contributed by atoms with Crippen LogP contribution < -0.4 is 11.3 Å². The number of para-hydroxylation sites is 1. The fourth-order valence-corrected chi connectivity index (χ4v) is 4.41. The molecule has 0 amide bonds. The molecule has 178 valence electrons. The molecule has 0 spiro atoms. The second-order valence-corrected chi connectivity index (χ2v) is 8.39. The van der Waals surface area contributed by atoms with Gasteiger partial charge in [-0.25, -0.2) is 19.2 Å². The summed E-state index contributed by atoms with van der Waals surface area (Å²) in [5, 5.41) is 29.9. The summed E-state index contributed by atoms with van der Waals surface area (Å²) in [5.41, 5.74) is 9.17. The molecular formula is C25H20N8O3. The van der Waals surface area contributed by atoms with E-state index in [-0.39, 0.29) is 29.4 Å².